The summed E-state index contributed by atoms with van der Waals surface area (Å²) in [6.07, 6.45) is 11.1. The van der Waals surface area contributed by atoms with Crippen molar-refractivity contribution in [2.45, 2.75) is 37.0 Å². The SMILES string of the molecule is O=C(O)CCC/C=C\C1CC=CCC1CNS(=O)(=O)c1c(Cl)cc(Cl)cc1Cl. The summed E-state index contributed by atoms with van der Waals surface area (Å²) in [6.45, 7) is 0.242. The average Bonchev–Trinajstić information content (AvgIpc) is 2.59. The summed E-state index contributed by atoms with van der Waals surface area (Å²) in [5.74, 6) is -0.546. The van der Waals surface area contributed by atoms with E-state index in [4.69, 9.17) is 39.9 Å². The maximum atomic E-state index is 12.7. The maximum absolute atomic E-state index is 12.7. The van der Waals surface area contributed by atoms with E-state index in [1.165, 1.54) is 12.1 Å². The van der Waals surface area contributed by atoms with Crippen LogP contribution in [0.4, 0.5) is 0 Å². The van der Waals surface area contributed by atoms with E-state index in [9.17, 15) is 13.2 Å². The molecule has 2 N–H and O–H groups in total. The van der Waals surface area contributed by atoms with Gasteiger partial charge in [0, 0.05) is 18.0 Å². The molecule has 2 atom stereocenters. The molecule has 0 spiro atoms. The van der Waals surface area contributed by atoms with Crippen molar-refractivity contribution in [3.8, 4) is 0 Å². The first kappa shape index (κ1) is 23.2. The standard InChI is InChI=1S/C19H22Cl3NO4S/c20-15-10-16(21)19(17(22)11-15)28(26,27)23-12-14-8-5-4-7-13(14)6-2-1-3-9-18(24)25/h2,4-6,10-11,13-14,23H,1,3,7-9,12H2,(H,24,25)/b6-2-. The molecule has 5 nitrogen and oxygen atoms in total. The second-order valence-corrected chi connectivity index (χ2v) is 9.59. The highest BCUT2D eigenvalue weighted by atomic mass is 35.5. The second-order valence-electron chi connectivity index (χ2n) is 6.63. The van der Waals surface area contributed by atoms with Crippen LogP contribution in [0.15, 0.2) is 41.3 Å². The molecular weight excluding hydrogens is 445 g/mol. The summed E-state index contributed by atoms with van der Waals surface area (Å²) >= 11 is 17.9. The molecule has 1 aliphatic carbocycles. The molecule has 0 aromatic heterocycles. The molecule has 0 heterocycles. The molecule has 2 unspecified atom stereocenters. The van der Waals surface area contributed by atoms with Gasteiger partial charge < -0.3 is 5.11 Å². The van der Waals surface area contributed by atoms with Gasteiger partial charge in [0.2, 0.25) is 10.0 Å². The van der Waals surface area contributed by atoms with Crippen molar-refractivity contribution in [1.82, 2.24) is 4.72 Å². The van der Waals surface area contributed by atoms with E-state index in [0.29, 0.717) is 12.8 Å². The number of halogens is 3. The van der Waals surface area contributed by atoms with Crippen LogP contribution in [-0.4, -0.2) is 26.0 Å². The van der Waals surface area contributed by atoms with E-state index < -0.39 is 16.0 Å². The lowest BCUT2D eigenvalue weighted by atomic mass is 9.83. The lowest BCUT2D eigenvalue weighted by Crippen LogP contribution is -2.33. The Morgan fingerprint density at radius 3 is 2.46 bits per heavy atom. The topological polar surface area (TPSA) is 83.5 Å². The molecule has 0 saturated carbocycles. The zero-order valence-electron chi connectivity index (χ0n) is 15.1. The molecule has 154 valence electrons. The smallest absolute Gasteiger partial charge is 0.303 e. The fourth-order valence-electron chi connectivity index (χ4n) is 3.08. The summed E-state index contributed by atoms with van der Waals surface area (Å²) in [7, 11) is -3.89. The number of hydrogen-bond acceptors (Lipinski definition) is 3. The van der Waals surface area contributed by atoms with Crippen molar-refractivity contribution < 1.29 is 18.3 Å². The van der Waals surface area contributed by atoms with Crippen molar-refractivity contribution in [3.63, 3.8) is 0 Å². The van der Waals surface area contributed by atoms with Crippen LogP contribution in [-0.2, 0) is 14.8 Å². The van der Waals surface area contributed by atoms with Gasteiger partial charge in [-0.25, -0.2) is 13.1 Å². The molecule has 0 fully saturated rings. The molecule has 0 saturated heterocycles. The van der Waals surface area contributed by atoms with Crippen LogP contribution in [0.25, 0.3) is 0 Å². The number of carbonyl (C=O) groups is 1. The number of aliphatic carboxylic acids is 1. The van der Waals surface area contributed by atoms with E-state index in [1.807, 2.05) is 18.2 Å². The molecule has 2 rings (SSSR count). The van der Waals surface area contributed by atoms with Gasteiger partial charge in [0.15, 0.2) is 0 Å². The van der Waals surface area contributed by atoms with Crippen molar-refractivity contribution in [3.05, 3.63) is 51.5 Å². The third-order valence-corrected chi connectivity index (χ3v) is 7.09. The molecule has 9 heteroatoms. The van der Waals surface area contributed by atoms with Gasteiger partial charge in [0.1, 0.15) is 4.90 Å². The fourth-order valence-corrected chi connectivity index (χ4v) is 5.71. The van der Waals surface area contributed by atoms with Gasteiger partial charge in [-0.15, -0.1) is 0 Å². The number of hydrogen-bond donors (Lipinski definition) is 2. The van der Waals surface area contributed by atoms with Gasteiger partial charge in [-0.1, -0.05) is 59.1 Å². The van der Waals surface area contributed by atoms with Gasteiger partial charge in [0.25, 0.3) is 0 Å². The molecule has 1 aliphatic rings. The Hall–Kier alpha value is -1.05. The van der Waals surface area contributed by atoms with E-state index in [-0.39, 0.29) is 44.8 Å². The van der Waals surface area contributed by atoms with Gasteiger partial charge in [-0.3, -0.25) is 4.79 Å². The van der Waals surface area contributed by atoms with E-state index in [0.717, 1.165) is 12.8 Å². The minimum Gasteiger partial charge on any atom is -0.481 e. The third kappa shape index (κ3) is 6.78. The average molecular weight is 467 g/mol. The van der Waals surface area contributed by atoms with Crippen LogP contribution >= 0.6 is 34.8 Å². The highest BCUT2D eigenvalue weighted by molar-refractivity contribution is 7.89. The van der Waals surface area contributed by atoms with Gasteiger partial charge >= 0.3 is 5.97 Å². The number of benzene rings is 1. The largest absolute Gasteiger partial charge is 0.481 e. The van der Waals surface area contributed by atoms with Crippen molar-refractivity contribution >= 4 is 50.8 Å². The van der Waals surface area contributed by atoms with E-state index in [2.05, 4.69) is 10.8 Å². The van der Waals surface area contributed by atoms with Crippen molar-refractivity contribution in [2.75, 3.05) is 6.54 Å². The first-order chi connectivity index (χ1) is 13.2. The molecule has 0 amide bonds. The van der Waals surface area contributed by atoms with Crippen LogP contribution < -0.4 is 4.72 Å². The third-order valence-electron chi connectivity index (χ3n) is 4.53. The zero-order chi connectivity index (χ0) is 20.7. The summed E-state index contributed by atoms with van der Waals surface area (Å²) in [4.78, 5) is 10.4. The summed E-state index contributed by atoms with van der Waals surface area (Å²) in [5.41, 5.74) is 0. The molecule has 0 radical (unpaired) electrons. The van der Waals surface area contributed by atoms with Crippen LogP contribution in [0.2, 0.25) is 15.1 Å². The number of carboxylic acids is 1. The summed E-state index contributed by atoms with van der Waals surface area (Å²) in [6, 6.07) is 2.69. The lowest BCUT2D eigenvalue weighted by Gasteiger charge is -2.26. The summed E-state index contributed by atoms with van der Waals surface area (Å²) in [5, 5.41) is 8.89. The predicted octanol–water partition coefficient (Wildman–Crippen LogP) is 5.32. The lowest BCUT2D eigenvalue weighted by molar-refractivity contribution is -0.137. The number of rotatable bonds is 9. The first-order valence-corrected chi connectivity index (χ1v) is 11.5. The second kappa shape index (κ2) is 10.6. The fraction of sp³-hybridized carbons (Fsp3) is 0.421. The Labute approximate surface area is 180 Å². The van der Waals surface area contributed by atoms with Gasteiger partial charge in [-0.05, 0) is 49.7 Å². The van der Waals surface area contributed by atoms with Crippen LogP contribution in [0.3, 0.4) is 0 Å². The van der Waals surface area contributed by atoms with E-state index >= 15 is 0 Å². The molecule has 1 aromatic rings. The number of unbranched alkanes of at least 4 members (excludes halogenated alkanes) is 1. The quantitative estimate of drug-likeness (QED) is 0.381. The predicted molar refractivity (Wildman–Crippen MR) is 113 cm³/mol. The molecule has 0 aliphatic heterocycles. The number of allylic oxidation sites excluding steroid dienone is 4. The van der Waals surface area contributed by atoms with Crippen molar-refractivity contribution in [1.29, 1.82) is 0 Å². The molecule has 0 bridgehead atoms. The number of carboxylic acid groups (broad SMARTS) is 1. The first-order valence-electron chi connectivity index (χ1n) is 8.88. The Kier molecular flexibility index (Phi) is 8.83. The van der Waals surface area contributed by atoms with Crippen LogP contribution in [0, 0.1) is 11.8 Å². The molecular formula is C19H22Cl3NO4S. The van der Waals surface area contributed by atoms with E-state index in [1.54, 1.807) is 0 Å². The Balaban J connectivity index is 2.02. The molecule has 1 aromatic carbocycles. The number of sulfonamides is 1. The summed E-state index contributed by atoms with van der Waals surface area (Å²) < 4.78 is 28.0. The highest BCUT2D eigenvalue weighted by Gasteiger charge is 2.26. The Morgan fingerprint density at radius 1 is 1.18 bits per heavy atom. The van der Waals surface area contributed by atoms with Gasteiger partial charge in [-0.2, -0.15) is 0 Å². The highest BCUT2D eigenvalue weighted by Crippen LogP contribution is 2.33. The van der Waals surface area contributed by atoms with Gasteiger partial charge in [0.05, 0.1) is 10.0 Å². The van der Waals surface area contributed by atoms with Crippen LogP contribution in [0.5, 0.6) is 0 Å². The normalized spacial score (nSPS) is 20.0. The van der Waals surface area contributed by atoms with Crippen molar-refractivity contribution in [2.24, 2.45) is 11.8 Å². The number of nitrogens with one attached hydrogen (secondary N) is 1. The maximum Gasteiger partial charge on any atom is 0.303 e. The Morgan fingerprint density at radius 2 is 1.82 bits per heavy atom. The molecule has 28 heavy (non-hydrogen) atoms. The Bertz CT molecular complexity index is 845. The minimum atomic E-state index is -3.89. The zero-order valence-corrected chi connectivity index (χ0v) is 18.2. The van der Waals surface area contributed by atoms with Crippen LogP contribution in [0.1, 0.15) is 32.1 Å². The minimum absolute atomic E-state index is 0.0246. The monoisotopic (exact) mass is 465 g/mol.